The largest absolute Gasteiger partial charge is 0.346 e. The van der Waals surface area contributed by atoms with Gasteiger partial charge in [0, 0.05) is 29.9 Å². The van der Waals surface area contributed by atoms with Crippen LogP contribution in [0, 0.1) is 5.41 Å². The molecule has 4 aromatic rings. The molecule has 1 aromatic carbocycles. The molecule has 0 aliphatic rings. The van der Waals surface area contributed by atoms with Gasteiger partial charge in [0.15, 0.2) is 0 Å². The summed E-state index contributed by atoms with van der Waals surface area (Å²) in [5.74, 6) is 0. The van der Waals surface area contributed by atoms with E-state index in [0.29, 0.717) is 0 Å². The first-order valence-corrected chi connectivity index (χ1v) is 8.67. The van der Waals surface area contributed by atoms with E-state index in [1.54, 1.807) is 0 Å². The second-order valence-corrected chi connectivity index (χ2v) is 8.04. The number of fused-ring (bicyclic) bond motifs is 2. The number of hydrogen-bond acceptors (Lipinski definition) is 3. The maximum Gasteiger partial charge on any atom is 0.137 e. The quantitative estimate of drug-likeness (QED) is 0.541. The van der Waals surface area contributed by atoms with Crippen LogP contribution >= 0.6 is 15.9 Å². The summed E-state index contributed by atoms with van der Waals surface area (Å²) in [5.41, 5.74) is 5.09. The second kappa shape index (κ2) is 5.41. The summed E-state index contributed by atoms with van der Waals surface area (Å²) in [6.07, 6.45) is 3.78. The van der Waals surface area contributed by atoms with Crippen molar-refractivity contribution in [1.29, 1.82) is 0 Å². The number of rotatable bonds is 2. The van der Waals surface area contributed by atoms with Crippen LogP contribution in [-0.4, -0.2) is 25.0 Å². The van der Waals surface area contributed by atoms with Gasteiger partial charge in [-0.15, -0.1) is 5.10 Å². The summed E-state index contributed by atoms with van der Waals surface area (Å²) < 4.78 is 2.93. The first-order chi connectivity index (χ1) is 11.4. The van der Waals surface area contributed by atoms with Gasteiger partial charge in [0.25, 0.3) is 0 Å². The Kier molecular flexibility index (Phi) is 3.46. The number of benzene rings is 1. The number of nitrogens with zero attached hydrogens (tertiary/aromatic N) is 4. The summed E-state index contributed by atoms with van der Waals surface area (Å²) in [6, 6.07) is 8.34. The first kappa shape index (κ1) is 15.3. The van der Waals surface area contributed by atoms with Gasteiger partial charge in [-0.25, -0.2) is 9.67 Å². The highest BCUT2D eigenvalue weighted by Gasteiger charge is 2.17. The lowest BCUT2D eigenvalue weighted by Gasteiger charge is -2.18. The lowest BCUT2D eigenvalue weighted by Crippen LogP contribution is -2.16. The summed E-state index contributed by atoms with van der Waals surface area (Å²) in [4.78, 5) is 7.59. The van der Waals surface area contributed by atoms with Crippen molar-refractivity contribution < 1.29 is 0 Å². The van der Waals surface area contributed by atoms with Crippen molar-refractivity contribution in [2.45, 2.75) is 27.3 Å². The Bertz CT molecular complexity index is 1040. The average molecular weight is 384 g/mol. The highest BCUT2D eigenvalue weighted by atomic mass is 79.9. The van der Waals surface area contributed by atoms with E-state index < -0.39 is 0 Å². The topological polar surface area (TPSA) is 59.4 Å². The molecule has 0 atom stereocenters. The number of aromatic nitrogens is 5. The SMILES string of the molecule is CC(C)(C)Cn1nnc2c(Br)c(-c3cnc4[nH]ccc4c3)ccc21. The summed E-state index contributed by atoms with van der Waals surface area (Å²) >= 11 is 3.71. The van der Waals surface area contributed by atoms with Crippen LogP contribution in [0.25, 0.3) is 33.2 Å². The van der Waals surface area contributed by atoms with Gasteiger partial charge in [-0.1, -0.05) is 32.1 Å². The lowest BCUT2D eigenvalue weighted by atomic mass is 9.97. The molecule has 0 aliphatic heterocycles. The molecule has 0 amide bonds. The van der Waals surface area contributed by atoms with Gasteiger partial charge in [-0.3, -0.25) is 0 Å². The number of pyridine rings is 1. The third kappa shape index (κ3) is 2.60. The Hall–Kier alpha value is -2.21. The van der Waals surface area contributed by atoms with Crippen molar-refractivity contribution in [1.82, 2.24) is 25.0 Å². The molecule has 0 aliphatic carbocycles. The van der Waals surface area contributed by atoms with Crippen molar-refractivity contribution in [2.75, 3.05) is 0 Å². The fraction of sp³-hybridized carbons (Fsp3) is 0.278. The molecule has 24 heavy (non-hydrogen) atoms. The van der Waals surface area contributed by atoms with Crippen LogP contribution in [0.1, 0.15) is 20.8 Å². The molecule has 0 spiro atoms. The molecule has 122 valence electrons. The zero-order chi connectivity index (χ0) is 16.9. The van der Waals surface area contributed by atoms with Crippen LogP contribution in [0.15, 0.2) is 41.1 Å². The minimum Gasteiger partial charge on any atom is -0.346 e. The average Bonchev–Trinajstić information content (AvgIpc) is 3.13. The standard InChI is InChI=1S/C18H18BrN5/c1-18(2,3)10-24-14-5-4-13(15(19)16(14)22-23-24)12-8-11-6-7-20-17(11)21-9-12/h4-9H,10H2,1-3H3,(H,20,21). The molecular formula is C18H18BrN5. The van der Waals surface area contributed by atoms with Gasteiger partial charge in [-0.2, -0.15) is 0 Å². The minimum atomic E-state index is 0.148. The van der Waals surface area contributed by atoms with Gasteiger partial charge in [0.1, 0.15) is 11.2 Å². The zero-order valence-corrected chi connectivity index (χ0v) is 15.4. The van der Waals surface area contributed by atoms with E-state index in [0.717, 1.165) is 44.2 Å². The van der Waals surface area contributed by atoms with E-state index in [-0.39, 0.29) is 5.41 Å². The fourth-order valence-corrected chi connectivity index (χ4v) is 3.52. The molecule has 6 heteroatoms. The molecule has 4 rings (SSSR count). The monoisotopic (exact) mass is 383 g/mol. The predicted molar refractivity (Wildman–Crippen MR) is 99.8 cm³/mol. The number of nitrogens with one attached hydrogen (secondary N) is 1. The molecule has 3 aromatic heterocycles. The zero-order valence-electron chi connectivity index (χ0n) is 13.8. The van der Waals surface area contributed by atoms with E-state index in [2.05, 4.69) is 75.2 Å². The van der Waals surface area contributed by atoms with E-state index in [1.807, 2.05) is 23.1 Å². The number of aromatic amines is 1. The highest BCUT2D eigenvalue weighted by Crippen LogP contribution is 2.34. The van der Waals surface area contributed by atoms with Gasteiger partial charge in [-0.05, 0) is 45.1 Å². The van der Waals surface area contributed by atoms with Crippen molar-refractivity contribution in [3.8, 4) is 11.1 Å². The normalized spacial score (nSPS) is 12.3. The Labute approximate surface area is 148 Å². The Morgan fingerprint density at radius 3 is 2.83 bits per heavy atom. The van der Waals surface area contributed by atoms with Crippen molar-refractivity contribution in [2.24, 2.45) is 5.41 Å². The second-order valence-electron chi connectivity index (χ2n) is 7.24. The van der Waals surface area contributed by atoms with E-state index in [9.17, 15) is 0 Å². The maximum atomic E-state index is 4.47. The van der Waals surface area contributed by atoms with Gasteiger partial charge in [0.05, 0.1) is 9.99 Å². The van der Waals surface area contributed by atoms with Crippen LogP contribution in [0.5, 0.6) is 0 Å². The van der Waals surface area contributed by atoms with Crippen molar-refractivity contribution in [3.63, 3.8) is 0 Å². The van der Waals surface area contributed by atoms with Crippen LogP contribution in [0.3, 0.4) is 0 Å². The van der Waals surface area contributed by atoms with Gasteiger partial charge in [0.2, 0.25) is 0 Å². The maximum absolute atomic E-state index is 4.47. The molecule has 0 fully saturated rings. The summed E-state index contributed by atoms with van der Waals surface area (Å²) in [7, 11) is 0. The van der Waals surface area contributed by atoms with Gasteiger partial charge < -0.3 is 4.98 Å². The smallest absolute Gasteiger partial charge is 0.137 e. The van der Waals surface area contributed by atoms with Crippen LogP contribution in [0.4, 0.5) is 0 Å². The summed E-state index contributed by atoms with van der Waals surface area (Å²) in [5, 5.41) is 9.81. The summed E-state index contributed by atoms with van der Waals surface area (Å²) in [6.45, 7) is 7.41. The minimum absolute atomic E-state index is 0.148. The highest BCUT2D eigenvalue weighted by molar-refractivity contribution is 9.10. The Morgan fingerprint density at radius 1 is 1.21 bits per heavy atom. The third-order valence-electron chi connectivity index (χ3n) is 3.96. The molecule has 0 saturated carbocycles. The first-order valence-electron chi connectivity index (χ1n) is 7.88. The van der Waals surface area contributed by atoms with E-state index >= 15 is 0 Å². The molecule has 0 bridgehead atoms. The lowest BCUT2D eigenvalue weighted by molar-refractivity contribution is 0.327. The molecule has 1 N–H and O–H groups in total. The van der Waals surface area contributed by atoms with Crippen LogP contribution in [-0.2, 0) is 6.54 Å². The van der Waals surface area contributed by atoms with Crippen LogP contribution in [0.2, 0.25) is 0 Å². The fourth-order valence-electron chi connectivity index (χ4n) is 2.88. The molecule has 0 unspecified atom stereocenters. The molecule has 3 heterocycles. The third-order valence-corrected chi connectivity index (χ3v) is 4.76. The Morgan fingerprint density at radius 2 is 2.04 bits per heavy atom. The molecular weight excluding hydrogens is 366 g/mol. The Balaban J connectivity index is 1.84. The van der Waals surface area contributed by atoms with E-state index in [1.165, 1.54) is 0 Å². The van der Waals surface area contributed by atoms with Gasteiger partial charge >= 0.3 is 0 Å². The molecule has 0 saturated heterocycles. The molecule has 0 radical (unpaired) electrons. The number of hydrogen-bond donors (Lipinski definition) is 1. The van der Waals surface area contributed by atoms with Crippen LogP contribution < -0.4 is 0 Å². The van der Waals surface area contributed by atoms with Crippen molar-refractivity contribution >= 4 is 38.0 Å². The predicted octanol–water partition coefficient (Wildman–Crippen LogP) is 4.78. The van der Waals surface area contributed by atoms with E-state index in [4.69, 9.17) is 0 Å². The van der Waals surface area contributed by atoms with Crippen molar-refractivity contribution in [3.05, 3.63) is 41.1 Å². The molecule has 5 nitrogen and oxygen atoms in total. The number of halogens is 1. The number of H-pyrrole nitrogens is 1.